The number of anilines is 1. The lowest BCUT2D eigenvalue weighted by Gasteiger charge is -2.34. The van der Waals surface area contributed by atoms with E-state index in [0.717, 1.165) is 17.8 Å². The Balaban J connectivity index is 2.15. The van der Waals surface area contributed by atoms with Gasteiger partial charge in [0.2, 0.25) is 0 Å². The monoisotopic (exact) mass is 283 g/mol. The highest BCUT2D eigenvalue weighted by Crippen LogP contribution is 2.22. The van der Waals surface area contributed by atoms with Gasteiger partial charge in [0.15, 0.2) is 9.84 Å². The summed E-state index contributed by atoms with van der Waals surface area (Å²) in [6.45, 7) is 4.49. The fraction of sp³-hybridized carbons (Fsp3) is 0.615. The van der Waals surface area contributed by atoms with Crippen LogP contribution in [-0.4, -0.2) is 37.5 Å². The molecule has 1 fully saturated rings. The molecule has 0 amide bonds. The maximum Gasteiger partial charge on any atom is 0.154 e. The summed E-state index contributed by atoms with van der Waals surface area (Å²) in [5.41, 5.74) is 7.78. The number of aromatic nitrogens is 1. The average Bonchev–Trinajstić information content (AvgIpc) is 2.37. The van der Waals surface area contributed by atoms with Gasteiger partial charge in [0.05, 0.1) is 29.1 Å². The van der Waals surface area contributed by atoms with E-state index in [1.54, 1.807) is 6.20 Å². The first-order chi connectivity index (χ1) is 8.93. The molecule has 0 bridgehead atoms. The minimum atomic E-state index is -2.88. The Labute approximate surface area is 114 Å². The summed E-state index contributed by atoms with van der Waals surface area (Å²) >= 11 is 0. The van der Waals surface area contributed by atoms with Gasteiger partial charge in [0, 0.05) is 18.6 Å². The van der Waals surface area contributed by atoms with Crippen molar-refractivity contribution >= 4 is 15.5 Å². The van der Waals surface area contributed by atoms with Crippen LogP contribution in [0.3, 0.4) is 0 Å². The van der Waals surface area contributed by atoms with E-state index in [9.17, 15) is 8.42 Å². The molecule has 0 aliphatic carbocycles. The summed E-state index contributed by atoms with van der Waals surface area (Å²) in [4.78, 5) is 6.47. The molecule has 1 aliphatic heterocycles. The van der Waals surface area contributed by atoms with Gasteiger partial charge in [-0.25, -0.2) is 8.42 Å². The molecule has 2 N–H and O–H groups in total. The molecule has 5 nitrogen and oxygen atoms in total. The zero-order valence-electron chi connectivity index (χ0n) is 11.4. The van der Waals surface area contributed by atoms with Gasteiger partial charge in [-0.3, -0.25) is 4.98 Å². The van der Waals surface area contributed by atoms with Gasteiger partial charge in [0.1, 0.15) is 0 Å². The van der Waals surface area contributed by atoms with Gasteiger partial charge in [-0.15, -0.1) is 0 Å². The first kappa shape index (κ1) is 14.3. The second-order valence-corrected chi connectivity index (χ2v) is 7.34. The van der Waals surface area contributed by atoms with Crippen molar-refractivity contribution in [2.45, 2.75) is 32.4 Å². The van der Waals surface area contributed by atoms with E-state index in [-0.39, 0.29) is 23.6 Å². The number of hydrogen-bond acceptors (Lipinski definition) is 5. The quantitative estimate of drug-likeness (QED) is 0.899. The third kappa shape index (κ3) is 3.25. The van der Waals surface area contributed by atoms with Crippen molar-refractivity contribution < 1.29 is 8.42 Å². The highest BCUT2D eigenvalue weighted by Gasteiger charge is 2.28. The molecule has 19 heavy (non-hydrogen) atoms. The fourth-order valence-corrected chi connectivity index (χ4v) is 3.93. The Hall–Kier alpha value is -1.14. The van der Waals surface area contributed by atoms with Crippen LogP contribution in [0.4, 0.5) is 5.69 Å². The van der Waals surface area contributed by atoms with Gasteiger partial charge in [-0.2, -0.15) is 0 Å². The summed E-state index contributed by atoms with van der Waals surface area (Å²) in [6, 6.07) is 3.87. The molecule has 1 aromatic rings. The molecule has 1 aliphatic rings. The lowest BCUT2D eigenvalue weighted by atomic mass is 10.1. The summed E-state index contributed by atoms with van der Waals surface area (Å²) < 4.78 is 23.1. The van der Waals surface area contributed by atoms with Crippen LogP contribution >= 0.6 is 0 Å². The SMILES string of the molecule is CC[C@H](N)c1ccc(N2CCS(=O)(=O)CC2C)cn1. The van der Waals surface area contributed by atoms with Crippen LogP contribution in [0.5, 0.6) is 0 Å². The topological polar surface area (TPSA) is 76.3 Å². The number of pyridine rings is 1. The summed E-state index contributed by atoms with van der Waals surface area (Å²) in [5, 5.41) is 0. The molecular formula is C13H21N3O2S. The predicted molar refractivity (Wildman–Crippen MR) is 76.9 cm³/mol. The molecule has 0 radical (unpaired) electrons. The van der Waals surface area contributed by atoms with E-state index in [1.807, 2.05) is 26.0 Å². The Morgan fingerprint density at radius 1 is 1.53 bits per heavy atom. The molecule has 0 aromatic carbocycles. The van der Waals surface area contributed by atoms with Crippen LogP contribution < -0.4 is 10.6 Å². The highest BCUT2D eigenvalue weighted by atomic mass is 32.2. The van der Waals surface area contributed by atoms with Crippen LogP contribution in [0, 0.1) is 0 Å². The first-order valence-corrected chi connectivity index (χ1v) is 8.43. The van der Waals surface area contributed by atoms with E-state index in [2.05, 4.69) is 9.88 Å². The predicted octanol–water partition coefficient (Wildman–Crippen LogP) is 1.11. The Morgan fingerprint density at radius 3 is 2.79 bits per heavy atom. The zero-order valence-corrected chi connectivity index (χ0v) is 12.2. The summed E-state index contributed by atoms with van der Waals surface area (Å²) in [6.07, 6.45) is 2.64. The van der Waals surface area contributed by atoms with E-state index < -0.39 is 9.84 Å². The third-order valence-corrected chi connectivity index (χ3v) is 5.39. The van der Waals surface area contributed by atoms with Gasteiger partial charge in [-0.1, -0.05) is 6.92 Å². The highest BCUT2D eigenvalue weighted by molar-refractivity contribution is 7.91. The molecule has 0 saturated carbocycles. The number of nitrogens with two attached hydrogens (primary N) is 1. The van der Waals surface area contributed by atoms with Crippen molar-refractivity contribution in [1.82, 2.24) is 4.98 Å². The number of hydrogen-bond donors (Lipinski definition) is 1. The molecule has 0 spiro atoms. The molecule has 1 saturated heterocycles. The molecule has 2 heterocycles. The van der Waals surface area contributed by atoms with Crippen LogP contribution in [0.15, 0.2) is 18.3 Å². The molecular weight excluding hydrogens is 262 g/mol. The second-order valence-electron chi connectivity index (χ2n) is 5.11. The van der Waals surface area contributed by atoms with Gasteiger partial charge < -0.3 is 10.6 Å². The average molecular weight is 283 g/mol. The van der Waals surface area contributed by atoms with E-state index in [0.29, 0.717) is 6.54 Å². The van der Waals surface area contributed by atoms with Gasteiger partial charge in [0.25, 0.3) is 0 Å². The smallest absolute Gasteiger partial charge is 0.154 e. The van der Waals surface area contributed by atoms with E-state index >= 15 is 0 Å². The zero-order chi connectivity index (χ0) is 14.0. The minimum absolute atomic E-state index is 0.00810. The van der Waals surface area contributed by atoms with Crippen LogP contribution in [-0.2, 0) is 9.84 Å². The molecule has 1 aromatic heterocycles. The van der Waals surface area contributed by atoms with Crippen molar-refractivity contribution in [3.8, 4) is 0 Å². The number of nitrogens with zero attached hydrogens (tertiary/aromatic N) is 2. The summed E-state index contributed by atoms with van der Waals surface area (Å²) in [5.74, 6) is 0.427. The van der Waals surface area contributed by atoms with E-state index in [4.69, 9.17) is 5.73 Å². The van der Waals surface area contributed by atoms with Crippen molar-refractivity contribution in [2.24, 2.45) is 5.73 Å². The van der Waals surface area contributed by atoms with Crippen LogP contribution in [0.2, 0.25) is 0 Å². The van der Waals surface area contributed by atoms with Crippen molar-refractivity contribution in [3.63, 3.8) is 0 Å². The Bertz CT molecular complexity index is 527. The number of rotatable bonds is 3. The summed E-state index contributed by atoms with van der Waals surface area (Å²) in [7, 11) is -2.88. The second kappa shape index (κ2) is 5.46. The van der Waals surface area contributed by atoms with Crippen molar-refractivity contribution in [1.29, 1.82) is 0 Å². The maximum atomic E-state index is 11.6. The lowest BCUT2D eigenvalue weighted by molar-refractivity contribution is 0.568. The fourth-order valence-electron chi connectivity index (χ4n) is 2.38. The molecule has 1 unspecified atom stereocenters. The van der Waals surface area contributed by atoms with Crippen LogP contribution in [0.1, 0.15) is 32.0 Å². The maximum absolute atomic E-state index is 11.6. The molecule has 2 rings (SSSR count). The molecule has 106 valence electrons. The van der Waals surface area contributed by atoms with Gasteiger partial charge >= 0.3 is 0 Å². The first-order valence-electron chi connectivity index (χ1n) is 6.61. The van der Waals surface area contributed by atoms with Crippen molar-refractivity contribution in [3.05, 3.63) is 24.0 Å². The van der Waals surface area contributed by atoms with Crippen LogP contribution in [0.25, 0.3) is 0 Å². The minimum Gasteiger partial charge on any atom is -0.366 e. The third-order valence-electron chi connectivity index (χ3n) is 3.59. The largest absolute Gasteiger partial charge is 0.366 e. The van der Waals surface area contributed by atoms with Crippen molar-refractivity contribution in [2.75, 3.05) is 23.0 Å². The molecule has 6 heteroatoms. The van der Waals surface area contributed by atoms with E-state index in [1.165, 1.54) is 0 Å². The Morgan fingerprint density at radius 2 is 2.26 bits per heavy atom. The molecule has 2 atom stereocenters. The Kier molecular flexibility index (Phi) is 4.10. The number of sulfone groups is 1. The standard InChI is InChI=1S/C13H21N3O2S/c1-3-12(14)13-5-4-11(8-15-13)16-6-7-19(17,18)9-10(16)2/h4-5,8,10,12H,3,6-7,9,14H2,1-2H3/t10?,12-/m0/s1. The normalized spacial score (nSPS) is 24.2. The van der Waals surface area contributed by atoms with Gasteiger partial charge in [-0.05, 0) is 25.5 Å². The lowest BCUT2D eigenvalue weighted by Crippen LogP contribution is -2.47.